The van der Waals surface area contributed by atoms with Gasteiger partial charge in [-0.1, -0.05) is 194 Å². The maximum absolute atomic E-state index is 5.79. The van der Waals surface area contributed by atoms with Crippen LogP contribution >= 0.6 is 6.12 Å². The molecule has 2 nitrogen and oxygen atoms in total. The molecule has 0 N–H and O–H groups in total. The lowest BCUT2D eigenvalue weighted by Crippen LogP contribution is -2.01. The van der Waals surface area contributed by atoms with Gasteiger partial charge in [0.2, 0.25) is 0 Å². The first-order valence-electron chi connectivity index (χ1n) is 17.7. The van der Waals surface area contributed by atoms with E-state index in [1.165, 1.54) is 180 Å². The maximum atomic E-state index is 5.79. The first-order chi connectivity index (χ1) is 19.1. The van der Waals surface area contributed by atoms with Crippen LogP contribution < -0.4 is 0 Å². The molecule has 0 atom stereocenters. The second-order valence-electron chi connectivity index (χ2n) is 12.0. The molecule has 0 saturated carbocycles. The topological polar surface area (TPSA) is 18.5 Å². The summed E-state index contributed by atoms with van der Waals surface area (Å²) in [5, 5.41) is 0. The lowest BCUT2D eigenvalue weighted by molar-refractivity contribution is 0.247. The van der Waals surface area contributed by atoms with E-state index >= 15 is 0 Å². The summed E-state index contributed by atoms with van der Waals surface area (Å²) in [6.07, 6.45) is 38.8. The van der Waals surface area contributed by atoms with Crippen LogP contribution in [0.4, 0.5) is 0 Å². The SMILES string of the molecule is CCCCCCCCCCCCCCCCCO[P+]([S-])([S-])OCCCCCCCCCCCCCCCCC. The van der Waals surface area contributed by atoms with E-state index in [2.05, 4.69) is 13.8 Å². The van der Waals surface area contributed by atoms with E-state index in [1.807, 2.05) is 0 Å². The first kappa shape index (κ1) is 40.1. The fourth-order valence-corrected chi connectivity index (χ4v) is 7.01. The molecule has 0 spiro atoms. The van der Waals surface area contributed by atoms with Crippen molar-refractivity contribution in [2.24, 2.45) is 0 Å². The Morgan fingerprint density at radius 2 is 0.487 bits per heavy atom. The van der Waals surface area contributed by atoms with E-state index in [1.54, 1.807) is 0 Å². The van der Waals surface area contributed by atoms with Crippen LogP contribution in [-0.4, -0.2) is 13.2 Å². The van der Waals surface area contributed by atoms with Crippen molar-refractivity contribution in [1.29, 1.82) is 0 Å². The molecular formula is C34H70O2PS2-. The van der Waals surface area contributed by atoms with Crippen LogP contribution in [0.1, 0.15) is 206 Å². The number of unbranched alkanes of at least 4 members (excludes halogenated alkanes) is 28. The molecule has 0 radical (unpaired) electrons. The summed E-state index contributed by atoms with van der Waals surface area (Å²) in [5.41, 5.74) is 0. The highest BCUT2D eigenvalue weighted by Gasteiger charge is 2.10. The van der Waals surface area contributed by atoms with Gasteiger partial charge in [0.15, 0.2) is 0 Å². The largest absolute Gasteiger partial charge is 0.516 e. The second-order valence-corrected chi connectivity index (χ2v) is 17.0. The first-order valence-corrected chi connectivity index (χ1v) is 21.4. The van der Waals surface area contributed by atoms with Crippen molar-refractivity contribution in [3.63, 3.8) is 0 Å². The van der Waals surface area contributed by atoms with Crippen LogP contribution in [0.5, 0.6) is 0 Å². The Morgan fingerprint density at radius 3 is 0.692 bits per heavy atom. The van der Waals surface area contributed by atoms with E-state index in [0.29, 0.717) is 13.2 Å². The summed E-state index contributed by atoms with van der Waals surface area (Å²) in [4.78, 5) is 0. The zero-order chi connectivity index (χ0) is 28.5. The molecule has 0 saturated heterocycles. The molecule has 0 aliphatic carbocycles. The van der Waals surface area contributed by atoms with Gasteiger partial charge in [-0.15, -0.1) is 0 Å². The molecule has 0 aromatic heterocycles. The van der Waals surface area contributed by atoms with E-state index in [-0.39, 0.29) is 0 Å². The Balaban J connectivity index is 3.26. The zero-order valence-electron chi connectivity index (χ0n) is 26.7. The van der Waals surface area contributed by atoms with Crippen LogP contribution in [0.25, 0.3) is 0 Å². The van der Waals surface area contributed by atoms with Gasteiger partial charge in [0.1, 0.15) is 0 Å². The van der Waals surface area contributed by atoms with Crippen molar-refractivity contribution in [2.45, 2.75) is 206 Å². The highest BCUT2D eigenvalue weighted by atomic mass is 33.1. The molecule has 0 unspecified atom stereocenters. The maximum Gasteiger partial charge on any atom is 0.0892 e. The van der Waals surface area contributed by atoms with Crippen molar-refractivity contribution in [1.82, 2.24) is 0 Å². The van der Waals surface area contributed by atoms with Gasteiger partial charge in [-0.2, -0.15) is 0 Å². The molecular weight excluding hydrogens is 535 g/mol. The van der Waals surface area contributed by atoms with Crippen molar-refractivity contribution >= 4 is 30.6 Å². The Labute approximate surface area is 258 Å². The summed E-state index contributed by atoms with van der Waals surface area (Å²) in [5.74, 6) is 0. The predicted molar refractivity (Wildman–Crippen MR) is 183 cm³/mol. The van der Waals surface area contributed by atoms with Crippen molar-refractivity contribution in [3.8, 4) is 0 Å². The molecule has 0 fully saturated rings. The summed E-state index contributed by atoms with van der Waals surface area (Å²) in [6, 6.07) is 0. The average Bonchev–Trinajstić information content (AvgIpc) is 2.92. The van der Waals surface area contributed by atoms with Crippen LogP contribution in [-0.2, 0) is 33.5 Å². The highest BCUT2D eigenvalue weighted by molar-refractivity contribution is 8.70. The quantitative estimate of drug-likeness (QED) is 0.0412. The Morgan fingerprint density at radius 1 is 0.308 bits per heavy atom. The van der Waals surface area contributed by atoms with Crippen molar-refractivity contribution in [2.75, 3.05) is 13.2 Å². The van der Waals surface area contributed by atoms with Gasteiger partial charge >= 0.3 is 0 Å². The van der Waals surface area contributed by atoms with E-state index in [4.69, 9.17) is 33.5 Å². The molecule has 5 heteroatoms. The summed E-state index contributed by atoms with van der Waals surface area (Å²) >= 11 is 10.9. The molecule has 0 bridgehead atoms. The Bertz CT molecular complexity index is 413. The molecule has 0 aromatic carbocycles. The minimum atomic E-state index is -2.45. The Hall–Kier alpha value is 1.05. The van der Waals surface area contributed by atoms with Crippen molar-refractivity contribution in [3.05, 3.63) is 0 Å². The van der Waals surface area contributed by atoms with Gasteiger partial charge in [-0.05, 0) is 12.8 Å². The fraction of sp³-hybridized carbons (Fsp3) is 1.00. The lowest BCUT2D eigenvalue weighted by atomic mass is 10.0. The van der Waals surface area contributed by atoms with Crippen LogP contribution in [0, 0.1) is 0 Å². The smallest absolute Gasteiger partial charge is 0.0892 e. The number of rotatable bonds is 34. The molecule has 0 heterocycles. The van der Waals surface area contributed by atoms with Gasteiger partial charge in [-0.25, -0.2) is 0 Å². The van der Waals surface area contributed by atoms with Gasteiger partial charge in [0.05, 0.1) is 13.2 Å². The van der Waals surface area contributed by atoms with E-state index < -0.39 is 6.12 Å². The standard InChI is InChI=1S/C34H71O2PS2/c1-3-5-7-9-11-13-15-17-19-21-23-25-27-29-31-33-35-37(38,39)36-34-32-30-28-26-24-22-20-18-16-14-12-10-8-6-4-2/h3-34H2,1-2H3,(H,38,39)/p-1. The lowest BCUT2D eigenvalue weighted by Gasteiger charge is -2.34. The van der Waals surface area contributed by atoms with Crippen LogP contribution in [0.15, 0.2) is 0 Å². The predicted octanol–water partition coefficient (Wildman–Crippen LogP) is 13.5. The fourth-order valence-electron chi connectivity index (χ4n) is 5.34. The highest BCUT2D eigenvalue weighted by Crippen LogP contribution is 2.56. The monoisotopic (exact) mass is 605 g/mol. The van der Waals surface area contributed by atoms with Gasteiger partial charge in [0.25, 0.3) is 0 Å². The minimum absolute atomic E-state index is 0.678. The van der Waals surface area contributed by atoms with Crippen LogP contribution in [0.2, 0.25) is 0 Å². The summed E-state index contributed by atoms with van der Waals surface area (Å²) in [6.45, 7) is 5.94. The minimum Gasteiger partial charge on any atom is -0.516 e. The van der Waals surface area contributed by atoms with Crippen LogP contribution in [0.3, 0.4) is 0 Å². The summed E-state index contributed by atoms with van der Waals surface area (Å²) < 4.78 is 11.6. The second kappa shape index (κ2) is 33.6. The normalized spacial score (nSPS) is 12.0. The third kappa shape index (κ3) is 35.2. The number of hydrogen-bond acceptors (Lipinski definition) is 4. The molecule has 0 aliphatic heterocycles. The molecule has 0 rings (SSSR count). The zero-order valence-corrected chi connectivity index (χ0v) is 29.2. The van der Waals surface area contributed by atoms with E-state index in [9.17, 15) is 0 Å². The van der Waals surface area contributed by atoms with Gasteiger partial charge in [-0.3, -0.25) is 9.05 Å². The van der Waals surface area contributed by atoms with Crippen molar-refractivity contribution < 1.29 is 9.05 Å². The molecule has 236 valence electrons. The molecule has 39 heavy (non-hydrogen) atoms. The van der Waals surface area contributed by atoms with E-state index in [0.717, 1.165) is 12.8 Å². The Kier molecular flexibility index (Phi) is 34.5. The van der Waals surface area contributed by atoms with Gasteiger partial charge in [0, 0.05) is 6.12 Å². The third-order valence-corrected chi connectivity index (χ3v) is 10.3. The van der Waals surface area contributed by atoms with Gasteiger partial charge < -0.3 is 24.5 Å². The molecule has 0 amide bonds. The molecule has 0 aromatic rings. The molecule has 0 aliphatic rings. The average molecular weight is 606 g/mol. The third-order valence-electron chi connectivity index (χ3n) is 7.99. The summed E-state index contributed by atoms with van der Waals surface area (Å²) in [7, 11) is 0. The number of hydrogen-bond donors (Lipinski definition) is 0.